The lowest BCUT2D eigenvalue weighted by molar-refractivity contribution is 0.0699. The molecular formula is C23H23ClN6O2. The first-order chi connectivity index (χ1) is 15.5. The van der Waals surface area contributed by atoms with Crippen LogP contribution in [0.2, 0.25) is 5.02 Å². The molecule has 1 aliphatic heterocycles. The van der Waals surface area contributed by atoms with Gasteiger partial charge in [0.15, 0.2) is 0 Å². The van der Waals surface area contributed by atoms with Crippen LogP contribution in [-0.4, -0.2) is 48.8 Å². The van der Waals surface area contributed by atoms with Crippen molar-refractivity contribution in [1.82, 2.24) is 29.8 Å². The first-order valence-corrected chi connectivity index (χ1v) is 11.1. The number of carbonyl (C=O) groups excluding carboxylic acids is 1. The van der Waals surface area contributed by atoms with E-state index >= 15 is 0 Å². The van der Waals surface area contributed by atoms with Crippen LogP contribution < -0.4 is 0 Å². The summed E-state index contributed by atoms with van der Waals surface area (Å²) in [5, 5.41) is 10.1. The number of piperidine rings is 1. The van der Waals surface area contributed by atoms with E-state index in [1.807, 2.05) is 23.0 Å². The Labute approximate surface area is 190 Å². The van der Waals surface area contributed by atoms with Crippen molar-refractivity contribution in [1.29, 1.82) is 0 Å². The highest BCUT2D eigenvalue weighted by Gasteiger charge is 2.29. The van der Waals surface area contributed by atoms with E-state index in [9.17, 15) is 4.79 Å². The van der Waals surface area contributed by atoms with Gasteiger partial charge in [-0.3, -0.25) is 9.48 Å². The summed E-state index contributed by atoms with van der Waals surface area (Å²) in [5.74, 6) is 1.15. The Bertz CT molecular complexity index is 1270. The molecule has 0 radical (unpaired) electrons. The number of aromatic nitrogens is 5. The highest BCUT2D eigenvalue weighted by molar-refractivity contribution is 6.33. The number of benzene rings is 1. The van der Waals surface area contributed by atoms with Crippen molar-refractivity contribution in [3.63, 3.8) is 0 Å². The highest BCUT2D eigenvalue weighted by Crippen LogP contribution is 2.30. The number of fused-ring (bicyclic) bond motifs is 1. The second-order valence-corrected chi connectivity index (χ2v) is 8.72. The number of carbonyl (C=O) groups is 1. The van der Waals surface area contributed by atoms with E-state index in [0.29, 0.717) is 35.5 Å². The predicted molar refractivity (Wildman–Crippen MR) is 121 cm³/mol. The average molecular weight is 451 g/mol. The third kappa shape index (κ3) is 3.75. The van der Waals surface area contributed by atoms with Crippen molar-refractivity contribution >= 4 is 28.4 Å². The fraction of sp³-hybridized carbons (Fsp3) is 0.348. The summed E-state index contributed by atoms with van der Waals surface area (Å²) in [6.45, 7) is 5.39. The van der Waals surface area contributed by atoms with Crippen molar-refractivity contribution in [3.05, 3.63) is 59.3 Å². The number of likely N-dealkylation sites (tertiary alicyclic amines) is 1. The standard InChI is InChI=1S/C23H23ClN6O2/c1-14(2)30-19-12-16(5-6-17(19)13-26-30)21-27-22(32-28-21)15-7-10-29(11-8-15)23(31)20-18(24)4-3-9-25-20/h3-6,9,12-15H,7-8,10-11H2,1-2H3. The molecule has 0 unspecified atom stereocenters. The van der Waals surface area contributed by atoms with E-state index in [1.165, 1.54) is 0 Å². The van der Waals surface area contributed by atoms with E-state index in [-0.39, 0.29) is 17.9 Å². The fourth-order valence-corrected chi connectivity index (χ4v) is 4.33. The van der Waals surface area contributed by atoms with E-state index in [0.717, 1.165) is 29.3 Å². The summed E-state index contributed by atoms with van der Waals surface area (Å²) in [5.41, 5.74) is 2.24. The molecule has 1 aliphatic rings. The van der Waals surface area contributed by atoms with Gasteiger partial charge in [0.05, 0.1) is 16.7 Å². The maximum atomic E-state index is 12.7. The molecule has 3 aromatic heterocycles. The fourth-order valence-electron chi connectivity index (χ4n) is 4.13. The van der Waals surface area contributed by atoms with Crippen LogP contribution >= 0.6 is 11.6 Å². The quantitative estimate of drug-likeness (QED) is 0.446. The van der Waals surface area contributed by atoms with Crippen LogP contribution in [-0.2, 0) is 0 Å². The third-order valence-corrected chi connectivity index (χ3v) is 6.19. The molecule has 1 saturated heterocycles. The first-order valence-electron chi connectivity index (χ1n) is 10.7. The third-order valence-electron chi connectivity index (χ3n) is 5.88. The molecule has 164 valence electrons. The van der Waals surface area contributed by atoms with E-state index in [4.69, 9.17) is 16.1 Å². The molecule has 4 heterocycles. The molecule has 0 atom stereocenters. The van der Waals surface area contributed by atoms with Crippen LogP contribution in [0.15, 0.2) is 47.2 Å². The summed E-state index contributed by atoms with van der Waals surface area (Å²) in [4.78, 5) is 23.3. The van der Waals surface area contributed by atoms with Gasteiger partial charge < -0.3 is 9.42 Å². The average Bonchev–Trinajstić information content (AvgIpc) is 3.46. The Morgan fingerprint density at radius 3 is 2.78 bits per heavy atom. The normalized spacial score (nSPS) is 15.1. The minimum Gasteiger partial charge on any atom is -0.339 e. The summed E-state index contributed by atoms with van der Waals surface area (Å²) in [7, 11) is 0. The molecule has 0 N–H and O–H groups in total. The van der Waals surface area contributed by atoms with Crippen molar-refractivity contribution in [2.45, 2.75) is 38.6 Å². The maximum Gasteiger partial charge on any atom is 0.273 e. The van der Waals surface area contributed by atoms with Gasteiger partial charge in [-0.25, -0.2) is 4.98 Å². The lowest BCUT2D eigenvalue weighted by atomic mass is 9.96. The maximum absolute atomic E-state index is 12.7. The van der Waals surface area contributed by atoms with Crippen molar-refractivity contribution in [3.8, 4) is 11.4 Å². The second kappa shape index (κ2) is 8.35. The van der Waals surface area contributed by atoms with Crippen LogP contribution in [0, 0.1) is 0 Å². The van der Waals surface area contributed by atoms with Crippen LogP contribution in [0.25, 0.3) is 22.3 Å². The SMILES string of the molecule is CC(C)n1ncc2ccc(-c3noc(C4CCN(C(=O)c5ncccc5Cl)CC4)n3)cc21. The van der Waals surface area contributed by atoms with E-state index in [1.54, 1.807) is 23.2 Å². The van der Waals surface area contributed by atoms with Gasteiger partial charge >= 0.3 is 0 Å². The van der Waals surface area contributed by atoms with Gasteiger partial charge in [-0.15, -0.1) is 0 Å². The molecule has 0 saturated carbocycles. The zero-order valence-electron chi connectivity index (χ0n) is 17.9. The number of rotatable bonds is 4. The number of pyridine rings is 1. The van der Waals surface area contributed by atoms with Crippen LogP contribution in [0.3, 0.4) is 0 Å². The van der Waals surface area contributed by atoms with Crippen LogP contribution in [0.5, 0.6) is 0 Å². The molecule has 32 heavy (non-hydrogen) atoms. The minimum absolute atomic E-state index is 0.115. The number of nitrogens with zero attached hydrogens (tertiary/aromatic N) is 6. The number of hydrogen-bond acceptors (Lipinski definition) is 6. The van der Waals surface area contributed by atoms with Gasteiger partial charge in [-0.05, 0) is 44.9 Å². The Morgan fingerprint density at radius 1 is 1.22 bits per heavy atom. The Kier molecular flexibility index (Phi) is 5.38. The summed E-state index contributed by atoms with van der Waals surface area (Å²) in [6, 6.07) is 9.72. The molecule has 0 spiro atoms. The molecule has 0 bridgehead atoms. The Balaban J connectivity index is 1.30. The van der Waals surface area contributed by atoms with E-state index < -0.39 is 0 Å². The highest BCUT2D eigenvalue weighted by atomic mass is 35.5. The number of hydrogen-bond donors (Lipinski definition) is 0. The molecule has 1 aromatic carbocycles. The zero-order chi connectivity index (χ0) is 22.2. The first kappa shape index (κ1) is 20.6. The molecule has 5 rings (SSSR count). The monoisotopic (exact) mass is 450 g/mol. The number of amides is 1. The smallest absolute Gasteiger partial charge is 0.273 e. The van der Waals surface area contributed by atoms with E-state index in [2.05, 4.69) is 40.1 Å². The van der Waals surface area contributed by atoms with Crippen molar-refractivity contribution in [2.75, 3.05) is 13.1 Å². The Hall–Kier alpha value is -3.26. The lowest BCUT2D eigenvalue weighted by Crippen LogP contribution is -2.38. The molecular weight excluding hydrogens is 428 g/mol. The van der Waals surface area contributed by atoms with Gasteiger partial charge in [0, 0.05) is 42.2 Å². The predicted octanol–water partition coefficient (Wildman–Crippen LogP) is 4.74. The Morgan fingerprint density at radius 2 is 2.03 bits per heavy atom. The van der Waals surface area contributed by atoms with Crippen LogP contribution in [0.4, 0.5) is 0 Å². The molecule has 9 heteroatoms. The number of halogens is 1. The van der Waals surface area contributed by atoms with Gasteiger partial charge in [-0.1, -0.05) is 28.9 Å². The topological polar surface area (TPSA) is 89.9 Å². The van der Waals surface area contributed by atoms with Gasteiger partial charge in [0.1, 0.15) is 5.69 Å². The van der Waals surface area contributed by atoms with Crippen LogP contribution in [0.1, 0.15) is 55.0 Å². The summed E-state index contributed by atoms with van der Waals surface area (Å²) < 4.78 is 7.60. The van der Waals surface area contributed by atoms with Gasteiger partial charge in [0.25, 0.3) is 5.91 Å². The van der Waals surface area contributed by atoms with Gasteiger partial charge in [0.2, 0.25) is 11.7 Å². The summed E-state index contributed by atoms with van der Waals surface area (Å²) >= 11 is 6.13. The molecule has 1 amide bonds. The molecule has 4 aromatic rings. The van der Waals surface area contributed by atoms with Crippen molar-refractivity contribution in [2.24, 2.45) is 0 Å². The second-order valence-electron chi connectivity index (χ2n) is 8.31. The molecule has 8 nitrogen and oxygen atoms in total. The van der Waals surface area contributed by atoms with Gasteiger partial charge in [-0.2, -0.15) is 10.1 Å². The van der Waals surface area contributed by atoms with Crippen molar-refractivity contribution < 1.29 is 9.32 Å². The minimum atomic E-state index is -0.143. The molecule has 1 fully saturated rings. The zero-order valence-corrected chi connectivity index (χ0v) is 18.7. The largest absolute Gasteiger partial charge is 0.339 e. The lowest BCUT2D eigenvalue weighted by Gasteiger charge is -2.30. The molecule has 0 aliphatic carbocycles. The summed E-state index contributed by atoms with van der Waals surface area (Å²) in [6.07, 6.45) is 4.94.